The summed E-state index contributed by atoms with van der Waals surface area (Å²) in [4.78, 5) is 35.8. The predicted octanol–water partition coefficient (Wildman–Crippen LogP) is 3.68. The normalized spacial score (nSPS) is 19.0. The molecule has 0 bridgehead atoms. The van der Waals surface area contributed by atoms with Crippen LogP contribution in [0.25, 0.3) is 6.08 Å². The van der Waals surface area contributed by atoms with E-state index in [2.05, 4.69) is 9.97 Å². The largest absolute Gasteiger partial charge is 0.466 e. The molecule has 0 N–H and O–H groups in total. The van der Waals surface area contributed by atoms with Crippen LogP contribution in [-0.2, 0) is 20.7 Å². The number of esters is 1. The second-order valence-corrected chi connectivity index (χ2v) is 7.63. The van der Waals surface area contributed by atoms with E-state index in [0.717, 1.165) is 24.1 Å². The number of aryl methyl sites for hydroxylation is 1. The second-order valence-electron chi connectivity index (χ2n) is 7.63. The number of carbonyl (C=O) groups excluding carboxylic acids is 2. The van der Waals surface area contributed by atoms with Gasteiger partial charge < -0.3 is 9.64 Å². The third-order valence-corrected chi connectivity index (χ3v) is 5.47. The SMILES string of the molecule is CCOC(=O)[C@@]1(C/C=C/c2ccccc2)CCCN(C(=O)CCc2cnccn2)C1. The molecule has 30 heavy (non-hydrogen) atoms. The molecule has 2 aromatic rings. The molecular formula is C24H29N3O3. The van der Waals surface area contributed by atoms with E-state index in [1.165, 1.54) is 0 Å². The van der Waals surface area contributed by atoms with Gasteiger partial charge in [0.25, 0.3) is 0 Å². The number of ether oxygens (including phenoxy) is 1. The van der Waals surface area contributed by atoms with Gasteiger partial charge in [-0.3, -0.25) is 19.6 Å². The minimum Gasteiger partial charge on any atom is -0.466 e. The Hall–Kier alpha value is -3.02. The van der Waals surface area contributed by atoms with Crippen LogP contribution in [0.3, 0.4) is 0 Å². The Labute approximate surface area is 178 Å². The van der Waals surface area contributed by atoms with Gasteiger partial charge in [0.2, 0.25) is 5.91 Å². The van der Waals surface area contributed by atoms with Crippen molar-refractivity contribution in [3.8, 4) is 0 Å². The standard InChI is InChI=1S/C24H29N3O3/c1-2-30-23(29)24(13-6-10-20-8-4-3-5-9-20)14-7-17-27(19-24)22(28)12-11-21-18-25-15-16-26-21/h3-6,8-10,15-16,18H,2,7,11-14,17,19H2,1H3/b10-6+/t24-/m0/s1. The summed E-state index contributed by atoms with van der Waals surface area (Å²) in [5.74, 6) is -0.171. The summed E-state index contributed by atoms with van der Waals surface area (Å²) in [6.45, 7) is 3.22. The van der Waals surface area contributed by atoms with Crippen molar-refractivity contribution in [3.63, 3.8) is 0 Å². The molecule has 1 saturated heterocycles. The van der Waals surface area contributed by atoms with Crippen LogP contribution in [0.15, 0.2) is 55.0 Å². The number of aromatic nitrogens is 2. The average molecular weight is 408 g/mol. The van der Waals surface area contributed by atoms with Crippen LogP contribution in [0.1, 0.15) is 43.9 Å². The average Bonchev–Trinajstić information content (AvgIpc) is 2.79. The maximum Gasteiger partial charge on any atom is 0.314 e. The van der Waals surface area contributed by atoms with Gasteiger partial charge in [0, 0.05) is 38.1 Å². The highest BCUT2D eigenvalue weighted by Crippen LogP contribution is 2.36. The van der Waals surface area contributed by atoms with E-state index >= 15 is 0 Å². The maximum atomic E-state index is 12.9. The Morgan fingerprint density at radius 2 is 2.07 bits per heavy atom. The lowest BCUT2D eigenvalue weighted by molar-refractivity contribution is -0.160. The van der Waals surface area contributed by atoms with E-state index in [-0.39, 0.29) is 11.9 Å². The minimum atomic E-state index is -0.693. The number of allylic oxidation sites excluding steroid dienone is 1. The summed E-state index contributed by atoms with van der Waals surface area (Å²) in [5, 5.41) is 0. The Morgan fingerprint density at radius 1 is 1.23 bits per heavy atom. The monoisotopic (exact) mass is 407 g/mol. The van der Waals surface area contributed by atoms with E-state index in [0.29, 0.717) is 39.0 Å². The Bertz CT molecular complexity index is 855. The fourth-order valence-corrected chi connectivity index (χ4v) is 3.88. The molecule has 1 amide bonds. The smallest absolute Gasteiger partial charge is 0.314 e. The van der Waals surface area contributed by atoms with Gasteiger partial charge in [-0.1, -0.05) is 42.5 Å². The van der Waals surface area contributed by atoms with Crippen LogP contribution < -0.4 is 0 Å². The maximum absolute atomic E-state index is 12.9. The van der Waals surface area contributed by atoms with Crippen LogP contribution in [0, 0.1) is 5.41 Å². The lowest BCUT2D eigenvalue weighted by Gasteiger charge is -2.40. The summed E-state index contributed by atoms with van der Waals surface area (Å²) >= 11 is 0. The molecule has 1 aliphatic rings. The molecule has 1 atom stereocenters. The van der Waals surface area contributed by atoms with Crippen molar-refractivity contribution in [2.45, 2.75) is 39.0 Å². The van der Waals surface area contributed by atoms with Crippen molar-refractivity contribution in [1.29, 1.82) is 0 Å². The van der Waals surface area contributed by atoms with Crippen LogP contribution in [-0.4, -0.2) is 46.4 Å². The van der Waals surface area contributed by atoms with Gasteiger partial charge in [0.15, 0.2) is 0 Å². The van der Waals surface area contributed by atoms with E-state index in [9.17, 15) is 9.59 Å². The van der Waals surface area contributed by atoms with E-state index in [1.807, 2.05) is 54.3 Å². The molecule has 0 radical (unpaired) electrons. The number of amides is 1. The first-order valence-electron chi connectivity index (χ1n) is 10.5. The number of likely N-dealkylation sites (tertiary alicyclic amines) is 1. The minimum absolute atomic E-state index is 0.0427. The molecular weight excluding hydrogens is 378 g/mol. The summed E-state index contributed by atoms with van der Waals surface area (Å²) in [7, 11) is 0. The third-order valence-electron chi connectivity index (χ3n) is 5.47. The van der Waals surface area contributed by atoms with Crippen molar-refractivity contribution in [3.05, 3.63) is 66.3 Å². The lowest BCUT2D eigenvalue weighted by atomic mass is 9.76. The zero-order valence-electron chi connectivity index (χ0n) is 17.5. The van der Waals surface area contributed by atoms with E-state index in [1.54, 1.807) is 18.6 Å². The highest BCUT2D eigenvalue weighted by molar-refractivity contribution is 5.81. The number of carbonyl (C=O) groups is 2. The first kappa shape index (κ1) is 21.7. The van der Waals surface area contributed by atoms with Crippen molar-refractivity contribution in [2.75, 3.05) is 19.7 Å². The van der Waals surface area contributed by atoms with E-state index < -0.39 is 5.41 Å². The fourth-order valence-electron chi connectivity index (χ4n) is 3.88. The highest BCUT2D eigenvalue weighted by atomic mass is 16.5. The summed E-state index contributed by atoms with van der Waals surface area (Å²) < 4.78 is 5.42. The molecule has 1 aromatic carbocycles. The topological polar surface area (TPSA) is 72.4 Å². The first-order chi connectivity index (χ1) is 14.6. The van der Waals surface area contributed by atoms with Crippen molar-refractivity contribution in [1.82, 2.24) is 14.9 Å². The molecule has 6 nitrogen and oxygen atoms in total. The molecule has 3 rings (SSSR count). The number of rotatable bonds is 8. The number of hydrogen-bond donors (Lipinski definition) is 0. The van der Waals surface area contributed by atoms with Crippen LogP contribution in [0.4, 0.5) is 0 Å². The van der Waals surface area contributed by atoms with Crippen molar-refractivity contribution in [2.24, 2.45) is 5.41 Å². The second kappa shape index (κ2) is 10.7. The molecule has 6 heteroatoms. The quantitative estimate of drug-likeness (QED) is 0.624. The van der Waals surface area contributed by atoms with Gasteiger partial charge in [0.05, 0.1) is 17.7 Å². The molecule has 158 valence electrons. The fraction of sp³-hybridized carbons (Fsp3) is 0.417. The Kier molecular flexibility index (Phi) is 7.71. The number of nitrogens with zero attached hydrogens (tertiary/aromatic N) is 3. The highest BCUT2D eigenvalue weighted by Gasteiger charge is 2.43. The third kappa shape index (κ3) is 5.75. The van der Waals surface area contributed by atoms with Gasteiger partial charge in [-0.05, 0) is 38.2 Å². The number of piperidine rings is 1. The number of hydrogen-bond acceptors (Lipinski definition) is 5. The molecule has 0 spiro atoms. The van der Waals surface area contributed by atoms with Gasteiger partial charge in [0.1, 0.15) is 0 Å². The zero-order valence-corrected chi connectivity index (χ0v) is 17.5. The molecule has 2 heterocycles. The molecule has 0 unspecified atom stereocenters. The molecule has 1 fully saturated rings. The van der Waals surface area contributed by atoms with Crippen LogP contribution >= 0.6 is 0 Å². The first-order valence-corrected chi connectivity index (χ1v) is 10.5. The molecule has 1 aromatic heterocycles. The Balaban J connectivity index is 1.68. The lowest BCUT2D eigenvalue weighted by Crippen LogP contribution is -2.50. The number of benzene rings is 1. The van der Waals surface area contributed by atoms with E-state index in [4.69, 9.17) is 4.74 Å². The summed E-state index contributed by atoms with van der Waals surface area (Å²) in [5.41, 5.74) is 1.19. The molecule has 1 aliphatic heterocycles. The van der Waals surface area contributed by atoms with Gasteiger partial charge in [-0.25, -0.2) is 0 Å². The molecule has 0 aliphatic carbocycles. The summed E-state index contributed by atoms with van der Waals surface area (Å²) in [6.07, 6.45) is 11.9. The zero-order chi connectivity index (χ0) is 21.2. The Morgan fingerprint density at radius 3 is 2.80 bits per heavy atom. The van der Waals surface area contributed by atoms with Crippen LogP contribution in [0.2, 0.25) is 0 Å². The van der Waals surface area contributed by atoms with Crippen molar-refractivity contribution < 1.29 is 14.3 Å². The van der Waals surface area contributed by atoms with Gasteiger partial charge in [-0.15, -0.1) is 0 Å². The van der Waals surface area contributed by atoms with Crippen molar-refractivity contribution >= 4 is 18.0 Å². The van der Waals surface area contributed by atoms with Gasteiger partial charge >= 0.3 is 5.97 Å². The van der Waals surface area contributed by atoms with Crippen LogP contribution in [0.5, 0.6) is 0 Å². The van der Waals surface area contributed by atoms with Gasteiger partial charge in [-0.2, -0.15) is 0 Å². The summed E-state index contributed by atoms with van der Waals surface area (Å²) in [6, 6.07) is 9.99. The molecule has 0 saturated carbocycles. The predicted molar refractivity (Wildman–Crippen MR) is 115 cm³/mol.